The molecular weight excluding hydrogens is 400 g/mol. The Balaban J connectivity index is 2.64. The van der Waals surface area contributed by atoms with Gasteiger partial charge >= 0.3 is 6.18 Å². The zero-order valence-corrected chi connectivity index (χ0v) is 15.4. The second-order valence-electron chi connectivity index (χ2n) is 5.09. The highest BCUT2D eigenvalue weighted by molar-refractivity contribution is 7.89. The maximum absolute atomic E-state index is 12.9. The SMILES string of the molecule is CCS(=O)C1=C(C)N(c2c(Cl)cc(C(F)(F)F)cc2Cl)N(N)C1C#N. The van der Waals surface area contributed by atoms with Crippen LogP contribution in [0.3, 0.4) is 0 Å². The van der Waals surface area contributed by atoms with Crippen molar-refractivity contribution in [2.24, 2.45) is 5.84 Å². The first-order valence-electron chi connectivity index (χ1n) is 6.93. The van der Waals surface area contributed by atoms with Gasteiger partial charge in [0.25, 0.3) is 0 Å². The van der Waals surface area contributed by atoms with Crippen molar-refractivity contribution in [2.45, 2.75) is 26.1 Å². The van der Waals surface area contributed by atoms with Gasteiger partial charge in [-0.15, -0.1) is 5.12 Å². The van der Waals surface area contributed by atoms with Crippen LogP contribution in [0.2, 0.25) is 10.0 Å². The molecule has 0 aromatic heterocycles. The van der Waals surface area contributed by atoms with E-state index in [4.69, 9.17) is 29.0 Å². The van der Waals surface area contributed by atoms with E-state index < -0.39 is 28.6 Å². The van der Waals surface area contributed by atoms with Gasteiger partial charge in [-0.2, -0.15) is 18.4 Å². The number of hydrogen-bond donors (Lipinski definition) is 1. The van der Waals surface area contributed by atoms with Crippen LogP contribution in [-0.2, 0) is 17.0 Å². The molecule has 1 heterocycles. The van der Waals surface area contributed by atoms with Crippen molar-refractivity contribution in [3.8, 4) is 6.07 Å². The Hall–Kier alpha value is -1.31. The van der Waals surface area contributed by atoms with E-state index in [0.29, 0.717) is 5.70 Å². The summed E-state index contributed by atoms with van der Waals surface area (Å²) < 4.78 is 50.9. The molecule has 0 saturated carbocycles. The summed E-state index contributed by atoms with van der Waals surface area (Å²) in [5.41, 5.74) is -0.692. The third-order valence-corrected chi connectivity index (χ3v) is 5.71. The summed E-state index contributed by atoms with van der Waals surface area (Å²) in [6.45, 7) is 3.22. The normalized spacial score (nSPS) is 20.1. The minimum absolute atomic E-state index is 0.0142. The number of halogens is 5. The highest BCUT2D eigenvalue weighted by Crippen LogP contribution is 2.44. The third kappa shape index (κ3) is 3.50. The first kappa shape index (κ1) is 20.0. The predicted molar refractivity (Wildman–Crippen MR) is 90.8 cm³/mol. The highest BCUT2D eigenvalue weighted by atomic mass is 35.5. The van der Waals surface area contributed by atoms with Crippen LogP contribution in [0, 0.1) is 11.3 Å². The Labute approximate surface area is 154 Å². The van der Waals surface area contributed by atoms with E-state index in [0.717, 1.165) is 17.3 Å². The lowest BCUT2D eigenvalue weighted by molar-refractivity contribution is -0.137. The fourth-order valence-electron chi connectivity index (χ4n) is 2.49. The average molecular weight is 413 g/mol. The van der Waals surface area contributed by atoms with Crippen LogP contribution in [0.1, 0.15) is 19.4 Å². The number of nitrogens with two attached hydrogens (primary N) is 1. The second-order valence-corrected chi connectivity index (χ2v) is 7.62. The molecule has 1 aromatic carbocycles. The van der Waals surface area contributed by atoms with Gasteiger partial charge in [-0.25, -0.2) is 5.84 Å². The molecule has 0 fully saturated rings. The fraction of sp³-hybridized carbons (Fsp3) is 0.357. The minimum atomic E-state index is -4.62. The van der Waals surface area contributed by atoms with Crippen LogP contribution >= 0.6 is 23.2 Å². The van der Waals surface area contributed by atoms with Crippen molar-refractivity contribution >= 4 is 39.7 Å². The van der Waals surface area contributed by atoms with E-state index in [1.807, 2.05) is 6.07 Å². The van der Waals surface area contributed by atoms with E-state index in [2.05, 4.69) is 0 Å². The maximum Gasteiger partial charge on any atom is 0.416 e. The number of hydrogen-bond acceptors (Lipinski definition) is 5. The standard InChI is InChI=1S/C14H13Cl2F3N4OS/c1-3-25(24)13-7(2)22(23(21)11(13)6-20)12-9(15)4-8(5-10(12)16)14(17,18)19/h4-5,11H,3,21H2,1-2H3. The molecule has 2 unspecified atom stereocenters. The summed E-state index contributed by atoms with van der Waals surface area (Å²) in [6, 6.07) is 2.32. The maximum atomic E-state index is 12.9. The van der Waals surface area contributed by atoms with E-state index >= 15 is 0 Å². The summed E-state index contributed by atoms with van der Waals surface area (Å²) in [6.07, 6.45) is -4.62. The molecule has 2 atom stereocenters. The van der Waals surface area contributed by atoms with Gasteiger partial charge in [0.05, 0.1) is 43.1 Å². The number of alkyl halides is 3. The lowest BCUT2D eigenvalue weighted by Crippen LogP contribution is -2.48. The lowest BCUT2D eigenvalue weighted by atomic mass is 10.2. The van der Waals surface area contributed by atoms with Crippen molar-refractivity contribution in [1.82, 2.24) is 5.12 Å². The average Bonchev–Trinajstić information content (AvgIpc) is 2.76. The van der Waals surface area contributed by atoms with Crippen LogP contribution in [0.5, 0.6) is 0 Å². The third-order valence-electron chi connectivity index (χ3n) is 3.60. The van der Waals surface area contributed by atoms with Crippen LogP contribution in [0.4, 0.5) is 18.9 Å². The molecule has 1 aromatic rings. The number of anilines is 1. The van der Waals surface area contributed by atoms with E-state index in [-0.39, 0.29) is 26.4 Å². The monoisotopic (exact) mass is 412 g/mol. The summed E-state index contributed by atoms with van der Waals surface area (Å²) >= 11 is 12.0. The van der Waals surface area contributed by atoms with Crippen LogP contribution in [0.25, 0.3) is 0 Å². The molecule has 1 aliphatic heterocycles. The van der Waals surface area contributed by atoms with E-state index in [1.165, 1.54) is 5.01 Å². The van der Waals surface area contributed by atoms with E-state index in [9.17, 15) is 22.6 Å². The summed E-state index contributed by atoms with van der Waals surface area (Å²) in [7, 11) is -1.48. The molecule has 25 heavy (non-hydrogen) atoms. The van der Waals surface area contributed by atoms with Gasteiger partial charge in [0.2, 0.25) is 0 Å². The Morgan fingerprint density at radius 1 is 1.36 bits per heavy atom. The molecule has 5 nitrogen and oxygen atoms in total. The predicted octanol–water partition coefficient (Wildman–Crippen LogP) is 3.82. The molecule has 11 heteroatoms. The largest absolute Gasteiger partial charge is 0.416 e. The topological polar surface area (TPSA) is 73.4 Å². The summed E-state index contributed by atoms with van der Waals surface area (Å²) in [4.78, 5) is 0.263. The van der Waals surface area contributed by atoms with Gasteiger partial charge in [0.1, 0.15) is 0 Å². The molecule has 2 N–H and O–H groups in total. The molecule has 0 saturated heterocycles. The lowest BCUT2D eigenvalue weighted by Gasteiger charge is -2.30. The van der Waals surface area contributed by atoms with Gasteiger partial charge in [-0.3, -0.25) is 9.22 Å². The number of nitriles is 1. The first-order valence-corrected chi connectivity index (χ1v) is 9.01. The Bertz CT molecular complexity index is 783. The minimum Gasteiger partial charge on any atom is -0.260 e. The molecule has 0 radical (unpaired) electrons. The molecule has 0 spiro atoms. The number of allylic oxidation sites excluding steroid dienone is 1. The van der Waals surface area contributed by atoms with E-state index in [1.54, 1.807) is 13.8 Å². The molecular formula is C14H13Cl2F3N4OS. The smallest absolute Gasteiger partial charge is 0.260 e. The number of rotatable bonds is 3. The molecule has 136 valence electrons. The van der Waals surface area contributed by atoms with Crippen molar-refractivity contribution in [3.05, 3.63) is 38.3 Å². The molecule has 0 amide bonds. The van der Waals surface area contributed by atoms with Gasteiger partial charge in [0, 0.05) is 11.4 Å². The number of hydrazine groups is 2. The van der Waals surface area contributed by atoms with Gasteiger partial charge in [0.15, 0.2) is 6.04 Å². The van der Waals surface area contributed by atoms with Gasteiger partial charge in [-0.05, 0) is 19.1 Å². The molecule has 0 aliphatic carbocycles. The van der Waals surface area contributed by atoms with Crippen LogP contribution in [0.15, 0.2) is 22.7 Å². The van der Waals surface area contributed by atoms with Crippen molar-refractivity contribution < 1.29 is 17.4 Å². The Morgan fingerprint density at radius 3 is 2.28 bits per heavy atom. The zero-order chi connectivity index (χ0) is 19.1. The molecule has 0 bridgehead atoms. The first-order chi connectivity index (χ1) is 11.5. The second kappa shape index (κ2) is 7.13. The van der Waals surface area contributed by atoms with Gasteiger partial charge in [-0.1, -0.05) is 30.1 Å². The van der Waals surface area contributed by atoms with Crippen molar-refractivity contribution in [2.75, 3.05) is 10.8 Å². The quantitative estimate of drug-likeness (QED) is 0.763. The Morgan fingerprint density at radius 2 is 1.88 bits per heavy atom. The van der Waals surface area contributed by atoms with Crippen molar-refractivity contribution in [3.63, 3.8) is 0 Å². The van der Waals surface area contributed by atoms with Gasteiger partial charge < -0.3 is 0 Å². The Kier molecular flexibility index (Phi) is 5.71. The number of nitrogens with zero attached hydrogens (tertiary/aromatic N) is 3. The molecule has 2 rings (SSSR count). The fourth-order valence-corrected chi connectivity index (χ4v) is 4.27. The number of benzene rings is 1. The summed E-state index contributed by atoms with van der Waals surface area (Å²) in [5, 5.41) is 10.9. The molecule has 1 aliphatic rings. The highest BCUT2D eigenvalue weighted by Gasteiger charge is 2.41. The zero-order valence-electron chi connectivity index (χ0n) is 13.1. The van der Waals surface area contributed by atoms with Crippen LogP contribution in [-0.4, -0.2) is 21.1 Å². The summed E-state index contributed by atoms with van der Waals surface area (Å²) in [5.74, 6) is 6.17. The van der Waals surface area contributed by atoms with Crippen molar-refractivity contribution in [1.29, 1.82) is 5.26 Å². The van der Waals surface area contributed by atoms with Crippen LogP contribution < -0.4 is 10.9 Å².